The molecule has 0 radical (unpaired) electrons. The third-order valence-corrected chi connectivity index (χ3v) is 3.05. The van der Waals surface area contributed by atoms with Crippen LogP contribution in [0, 0.1) is 5.82 Å². The molecule has 0 aliphatic rings. The normalized spacial score (nSPS) is 12.4. The van der Waals surface area contributed by atoms with E-state index in [0.717, 1.165) is 5.69 Å². The minimum absolute atomic E-state index is 0.0598. The van der Waals surface area contributed by atoms with Crippen LogP contribution in [0.1, 0.15) is 24.2 Å². The van der Waals surface area contributed by atoms with Gasteiger partial charge in [0.05, 0.1) is 10.7 Å². The number of hydrogen-bond donors (Lipinski definition) is 1. The van der Waals surface area contributed by atoms with Crippen molar-refractivity contribution < 1.29 is 4.39 Å². The van der Waals surface area contributed by atoms with Gasteiger partial charge in [0.2, 0.25) is 0 Å². The van der Waals surface area contributed by atoms with Crippen molar-refractivity contribution in [3.05, 3.63) is 64.7 Å². The first-order valence-corrected chi connectivity index (χ1v) is 6.13. The van der Waals surface area contributed by atoms with E-state index in [-0.39, 0.29) is 16.9 Å². The first kappa shape index (κ1) is 13.0. The maximum Gasteiger partial charge on any atom is 0.146 e. The smallest absolute Gasteiger partial charge is 0.146 e. The Morgan fingerprint density at radius 2 is 2.11 bits per heavy atom. The maximum atomic E-state index is 13.7. The molecule has 94 valence electrons. The fourth-order valence-corrected chi connectivity index (χ4v) is 1.88. The highest BCUT2D eigenvalue weighted by Crippen LogP contribution is 2.18. The zero-order valence-electron chi connectivity index (χ0n) is 10.0. The number of rotatable bonds is 4. The highest BCUT2D eigenvalue weighted by molar-refractivity contribution is 6.30. The zero-order valence-corrected chi connectivity index (χ0v) is 10.8. The second-order valence-electron chi connectivity index (χ2n) is 4.07. The van der Waals surface area contributed by atoms with Crippen LogP contribution in [0.3, 0.4) is 0 Å². The molecular weight excluding hydrogens is 251 g/mol. The molecule has 0 saturated heterocycles. The van der Waals surface area contributed by atoms with E-state index >= 15 is 0 Å². The summed E-state index contributed by atoms with van der Waals surface area (Å²) in [5.74, 6) is -0.361. The Morgan fingerprint density at radius 3 is 2.83 bits per heavy atom. The summed E-state index contributed by atoms with van der Waals surface area (Å²) in [7, 11) is 0. The molecule has 1 unspecified atom stereocenters. The van der Waals surface area contributed by atoms with Crippen LogP contribution in [0.5, 0.6) is 0 Å². The molecule has 4 heteroatoms. The Hall–Kier alpha value is -1.45. The average Bonchev–Trinajstić information content (AvgIpc) is 2.41. The number of nitrogens with one attached hydrogen (secondary N) is 1. The maximum absolute atomic E-state index is 13.7. The van der Waals surface area contributed by atoms with E-state index in [2.05, 4.69) is 10.3 Å². The van der Waals surface area contributed by atoms with E-state index in [1.807, 2.05) is 25.1 Å². The Labute approximate surface area is 111 Å². The molecule has 1 aromatic heterocycles. The SMILES string of the molecule is CC(NCc1cccc(Cl)c1F)c1ccccn1. The predicted molar refractivity (Wildman–Crippen MR) is 70.9 cm³/mol. The first-order valence-electron chi connectivity index (χ1n) is 5.75. The monoisotopic (exact) mass is 264 g/mol. The van der Waals surface area contributed by atoms with Crippen LogP contribution in [0.2, 0.25) is 5.02 Å². The van der Waals surface area contributed by atoms with Crippen molar-refractivity contribution >= 4 is 11.6 Å². The van der Waals surface area contributed by atoms with E-state index in [1.165, 1.54) is 0 Å². The van der Waals surface area contributed by atoms with E-state index in [0.29, 0.717) is 12.1 Å². The van der Waals surface area contributed by atoms with Crippen molar-refractivity contribution in [2.24, 2.45) is 0 Å². The molecule has 1 atom stereocenters. The second-order valence-corrected chi connectivity index (χ2v) is 4.48. The molecule has 2 rings (SSSR count). The van der Waals surface area contributed by atoms with Gasteiger partial charge in [-0.15, -0.1) is 0 Å². The fraction of sp³-hybridized carbons (Fsp3) is 0.214. The number of pyridine rings is 1. The van der Waals surface area contributed by atoms with E-state index < -0.39 is 0 Å². The third-order valence-electron chi connectivity index (χ3n) is 2.76. The summed E-state index contributed by atoms with van der Waals surface area (Å²) in [5.41, 5.74) is 1.49. The Kier molecular flexibility index (Phi) is 4.28. The van der Waals surface area contributed by atoms with Gasteiger partial charge in [0.1, 0.15) is 5.82 Å². The number of benzene rings is 1. The lowest BCUT2D eigenvalue weighted by Gasteiger charge is -2.13. The summed E-state index contributed by atoms with van der Waals surface area (Å²) in [6.45, 7) is 2.41. The number of aromatic nitrogens is 1. The van der Waals surface area contributed by atoms with Crippen molar-refractivity contribution in [1.29, 1.82) is 0 Å². The third kappa shape index (κ3) is 3.06. The van der Waals surface area contributed by atoms with Crippen LogP contribution in [-0.2, 0) is 6.54 Å². The highest BCUT2D eigenvalue weighted by Gasteiger charge is 2.09. The van der Waals surface area contributed by atoms with Gasteiger partial charge in [0, 0.05) is 24.3 Å². The van der Waals surface area contributed by atoms with Gasteiger partial charge in [-0.3, -0.25) is 4.98 Å². The Bertz CT molecular complexity index is 516. The minimum atomic E-state index is -0.361. The van der Waals surface area contributed by atoms with E-state index in [9.17, 15) is 4.39 Å². The molecule has 18 heavy (non-hydrogen) atoms. The minimum Gasteiger partial charge on any atom is -0.305 e. The van der Waals surface area contributed by atoms with Crippen LogP contribution in [0.4, 0.5) is 4.39 Å². The topological polar surface area (TPSA) is 24.9 Å². The van der Waals surface area contributed by atoms with Crippen molar-refractivity contribution in [3.63, 3.8) is 0 Å². The molecule has 0 spiro atoms. The Morgan fingerprint density at radius 1 is 1.28 bits per heavy atom. The molecule has 0 saturated carbocycles. The van der Waals surface area contributed by atoms with Crippen LogP contribution in [0.25, 0.3) is 0 Å². The summed E-state index contributed by atoms with van der Waals surface area (Å²) in [5, 5.41) is 3.37. The average molecular weight is 265 g/mol. The molecule has 2 aromatic rings. The highest BCUT2D eigenvalue weighted by atomic mass is 35.5. The van der Waals surface area contributed by atoms with Crippen molar-refractivity contribution in [3.8, 4) is 0 Å². The number of halogens is 2. The van der Waals surface area contributed by atoms with E-state index in [1.54, 1.807) is 24.4 Å². The summed E-state index contributed by atoms with van der Waals surface area (Å²) in [6, 6.07) is 10.8. The molecule has 0 fully saturated rings. The lowest BCUT2D eigenvalue weighted by Crippen LogP contribution is -2.19. The van der Waals surface area contributed by atoms with Crippen molar-refractivity contribution in [2.75, 3.05) is 0 Å². The van der Waals surface area contributed by atoms with Gasteiger partial charge in [0.25, 0.3) is 0 Å². The van der Waals surface area contributed by atoms with Gasteiger partial charge in [-0.25, -0.2) is 4.39 Å². The molecule has 2 nitrogen and oxygen atoms in total. The number of hydrogen-bond acceptors (Lipinski definition) is 2. The van der Waals surface area contributed by atoms with Crippen LogP contribution in [-0.4, -0.2) is 4.98 Å². The summed E-state index contributed by atoms with van der Waals surface area (Å²) >= 11 is 5.73. The molecular formula is C14H14ClFN2. The predicted octanol–water partition coefficient (Wildman–Crippen LogP) is 3.72. The lowest BCUT2D eigenvalue weighted by atomic mass is 10.1. The van der Waals surface area contributed by atoms with Gasteiger partial charge < -0.3 is 5.32 Å². The second kappa shape index (κ2) is 5.94. The van der Waals surface area contributed by atoms with Gasteiger partial charge >= 0.3 is 0 Å². The van der Waals surface area contributed by atoms with Crippen LogP contribution in [0.15, 0.2) is 42.6 Å². The van der Waals surface area contributed by atoms with Gasteiger partial charge in [-0.1, -0.05) is 29.8 Å². The largest absolute Gasteiger partial charge is 0.305 e. The summed E-state index contributed by atoms with van der Waals surface area (Å²) < 4.78 is 13.7. The summed E-state index contributed by atoms with van der Waals surface area (Å²) in [4.78, 5) is 4.25. The molecule has 1 heterocycles. The zero-order chi connectivity index (χ0) is 13.0. The Balaban J connectivity index is 2.02. The molecule has 0 amide bonds. The number of nitrogens with zero attached hydrogens (tertiary/aromatic N) is 1. The van der Waals surface area contributed by atoms with E-state index in [4.69, 9.17) is 11.6 Å². The van der Waals surface area contributed by atoms with Gasteiger partial charge in [0.15, 0.2) is 0 Å². The van der Waals surface area contributed by atoms with Gasteiger partial charge in [-0.05, 0) is 25.1 Å². The standard InChI is InChI=1S/C14H14ClFN2/c1-10(13-7-2-3-8-17-13)18-9-11-5-4-6-12(15)14(11)16/h2-8,10,18H,9H2,1H3. The molecule has 0 bridgehead atoms. The van der Waals surface area contributed by atoms with Crippen molar-refractivity contribution in [1.82, 2.24) is 10.3 Å². The molecule has 0 aliphatic carbocycles. The van der Waals surface area contributed by atoms with Crippen molar-refractivity contribution in [2.45, 2.75) is 19.5 Å². The molecule has 1 N–H and O–H groups in total. The van der Waals surface area contributed by atoms with Crippen LogP contribution >= 0.6 is 11.6 Å². The fourth-order valence-electron chi connectivity index (χ4n) is 1.68. The first-order chi connectivity index (χ1) is 8.68. The quantitative estimate of drug-likeness (QED) is 0.910. The summed E-state index contributed by atoms with van der Waals surface area (Å²) in [6.07, 6.45) is 1.74. The lowest BCUT2D eigenvalue weighted by molar-refractivity contribution is 0.536. The van der Waals surface area contributed by atoms with Crippen LogP contribution < -0.4 is 5.32 Å². The van der Waals surface area contributed by atoms with Gasteiger partial charge in [-0.2, -0.15) is 0 Å². The molecule has 0 aliphatic heterocycles. The molecule has 1 aromatic carbocycles.